The lowest BCUT2D eigenvalue weighted by Gasteiger charge is -2.17. The van der Waals surface area contributed by atoms with Crippen molar-refractivity contribution in [3.63, 3.8) is 0 Å². The first kappa shape index (κ1) is 16.2. The lowest BCUT2D eigenvalue weighted by molar-refractivity contribution is 0.103. The number of carbonyl (C=O) groups excluding carboxylic acids is 1. The highest BCUT2D eigenvalue weighted by Crippen LogP contribution is 2.39. The van der Waals surface area contributed by atoms with Crippen molar-refractivity contribution in [1.82, 2.24) is 4.98 Å². The lowest BCUT2D eigenvalue weighted by atomic mass is 9.84. The molecule has 130 valence electrons. The van der Waals surface area contributed by atoms with Crippen LogP contribution in [0.25, 0.3) is 11.3 Å². The minimum atomic E-state index is -2.43. The Balaban J connectivity index is 1.85. The van der Waals surface area contributed by atoms with Crippen LogP contribution in [0.5, 0.6) is 11.6 Å². The molecule has 0 amide bonds. The van der Waals surface area contributed by atoms with Crippen LogP contribution in [-0.4, -0.2) is 30.3 Å². The molecule has 0 aliphatic heterocycles. The number of aromatic amines is 1. The second kappa shape index (κ2) is 5.94. The maximum Gasteiger partial charge on any atom is 0.357 e. The van der Waals surface area contributed by atoms with Gasteiger partial charge in [0.1, 0.15) is 5.75 Å². The lowest BCUT2D eigenvalue weighted by Crippen LogP contribution is -2.19. The SMILES string of the molecule is N=C1c2ccccc2C(=O)c2c(-c3ccc(OS(=O)O)cc3)[nH]c(O)c21. The summed E-state index contributed by atoms with van der Waals surface area (Å²) >= 11 is -2.43. The number of H-pyrrole nitrogens is 1. The normalized spacial score (nSPS) is 13.9. The van der Waals surface area contributed by atoms with Crippen molar-refractivity contribution >= 4 is 22.9 Å². The zero-order valence-electron chi connectivity index (χ0n) is 13.1. The van der Waals surface area contributed by atoms with Gasteiger partial charge in [-0.05, 0) is 29.8 Å². The molecular formula is C18H12N2O5S. The number of hydrogen-bond acceptors (Lipinski definition) is 5. The smallest absolute Gasteiger partial charge is 0.357 e. The predicted octanol–water partition coefficient (Wildman–Crippen LogP) is 2.86. The molecule has 1 heterocycles. The van der Waals surface area contributed by atoms with E-state index in [1.54, 1.807) is 36.4 Å². The topological polar surface area (TPSA) is 123 Å². The Hall–Kier alpha value is -3.23. The van der Waals surface area contributed by atoms with Crippen LogP contribution in [0.3, 0.4) is 0 Å². The third kappa shape index (κ3) is 2.43. The molecule has 0 saturated heterocycles. The largest absolute Gasteiger partial charge is 0.494 e. The van der Waals surface area contributed by atoms with Crippen LogP contribution in [0.4, 0.5) is 0 Å². The quantitative estimate of drug-likeness (QED) is 0.414. The van der Waals surface area contributed by atoms with Gasteiger partial charge in [0.25, 0.3) is 0 Å². The minimum absolute atomic E-state index is 0.0748. The fraction of sp³-hybridized carbons (Fsp3) is 0. The number of rotatable bonds is 3. The minimum Gasteiger partial charge on any atom is -0.494 e. The van der Waals surface area contributed by atoms with E-state index in [2.05, 4.69) is 9.17 Å². The van der Waals surface area contributed by atoms with E-state index in [1.807, 2.05) is 0 Å². The van der Waals surface area contributed by atoms with Crippen molar-refractivity contribution in [2.45, 2.75) is 0 Å². The summed E-state index contributed by atoms with van der Waals surface area (Å²) in [5, 5.41) is 18.6. The standard InChI is InChI=1S/C18H12N2O5S/c19-15-11-3-1-2-4-12(11)17(21)14-13(15)18(22)20-16(14)9-5-7-10(8-6-9)25-26(23)24/h1-8,19-20,22H,(H,23,24). The molecule has 1 aliphatic rings. The molecule has 0 bridgehead atoms. The molecule has 0 saturated carbocycles. The Bertz CT molecular complexity index is 1090. The highest BCUT2D eigenvalue weighted by Gasteiger charge is 2.34. The number of aromatic hydroxyl groups is 1. The maximum atomic E-state index is 12.9. The molecule has 3 aromatic rings. The van der Waals surface area contributed by atoms with Gasteiger partial charge in [-0.2, -0.15) is 4.21 Å². The van der Waals surface area contributed by atoms with Gasteiger partial charge >= 0.3 is 11.4 Å². The molecule has 4 rings (SSSR count). The number of aromatic nitrogens is 1. The van der Waals surface area contributed by atoms with Gasteiger partial charge < -0.3 is 14.3 Å². The molecule has 0 fully saturated rings. The third-order valence-electron chi connectivity index (χ3n) is 4.21. The average Bonchev–Trinajstić information content (AvgIpc) is 2.97. The summed E-state index contributed by atoms with van der Waals surface area (Å²) < 4.78 is 24.1. The summed E-state index contributed by atoms with van der Waals surface area (Å²) in [4.78, 5) is 15.7. The van der Waals surface area contributed by atoms with E-state index >= 15 is 0 Å². The van der Waals surface area contributed by atoms with Crippen LogP contribution in [0.1, 0.15) is 27.0 Å². The zero-order chi connectivity index (χ0) is 18.4. The molecule has 8 heteroatoms. The molecule has 1 aliphatic carbocycles. The second-order valence-corrected chi connectivity index (χ2v) is 6.27. The molecule has 7 nitrogen and oxygen atoms in total. The number of fused-ring (bicyclic) bond motifs is 2. The number of nitrogens with one attached hydrogen (secondary N) is 2. The Morgan fingerprint density at radius 2 is 1.65 bits per heavy atom. The van der Waals surface area contributed by atoms with E-state index in [-0.39, 0.29) is 34.3 Å². The van der Waals surface area contributed by atoms with E-state index in [4.69, 9.17) is 9.96 Å². The summed E-state index contributed by atoms with van der Waals surface area (Å²) in [6, 6.07) is 12.9. The van der Waals surface area contributed by atoms with Crippen molar-refractivity contribution in [2.75, 3.05) is 0 Å². The van der Waals surface area contributed by atoms with Gasteiger partial charge in [-0.1, -0.05) is 24.3 Å². The summed E-state index contributed by atoms with van der Waals surface area (Å²) in [6.45, 7) is 0. The van der Waals surface area contributed by atoms with Crippen LogP contribution in [-0.2, 0) is 11.4 Å². The van der Waals surface area contributed by atoms with E-state index in [1.165, 1.54) is 12.1 Å². The molecule has 4 N–H and O–H groups in total. The predicted molar refractivity (Wildman–Crippen MR) is 95.1 cm³/mol. The third-order valence-corrected chi connectivity index (χ3v) is 4.54. The number of ketones is 1. The van der Waals surface area contributed by atoms with Crippen molar-refractivity contribution in [3.05, 3.63) is 70.8 Å². The van der Waals surface area contributed by atoms with Gasteiger partial charge in [0.15, 0.2) is 11.7 Å². The Morgan fingerprint density at radius 3 is 2.31 bits per heavy atom. The number of carbonyl (C=O) groups is 1. The van der Waals surface area contributed by atoms with Gasteiger partial charge in [-0.3, -0.25) is 14.8 Å². The number of hydrogen-bond donors (Lipinski definition) is 4. The fourth-order valence-electron chi connectivity index (χ4n) is 3.10. The molecular weight excluding hydrogens is 356 g/mol. The van der Waals surface area contributed by atoms with Crippen LogP contribution >= 0.6 is 0 Å². The van der Waals surface area contributed by atoms with Crippen molar-refractivity contribution in [3.8, 4) is 22.9 Å². The monoisotopic (exact) mass is 368 g/mol. The van der Waals surface area contributed by atoms with Gasteiger partial charge in [-0.25, -0.2) is 0 Å². The van der Waals surface area contributed by atoms with Crippen LogP contribution in [0, 0.1) is 5.41 Å². The molecule has 1 atom stereocenters. The van der Waals surface area contributed by atoms with Gasteiger partial charge in [0.05, 0.1) is 22.5 Å². The summed E-state index contributed by atoms with van der Waals surface area (Å²) in [5.74, 6) is -0.349. The van der Waals surface area contributed by atoms with E-state index < -0.39 is 11.4 Å². The average molecular weight is 368 g/mol. The van der Waals surface area contributed by atoms with Gasteiger partial charge in [-0.15, -0.1) is 0 Å². The molecule has 26 heavy (non-hydrogen) atoms. The summed E-state index contributed by atoms with van der Waals surface area (Å²) in [7, 11) is 0. The Kier molecular flexibility index (Phi) is 3.71. The van der Waals surface area contributed by atoms with E-state index in [0.29, 0.717) is 22.4 Å². The molecule has 0 radical (unpaired) electrons. The summed E-state index contributed by atoms with van der Waals surface area (Å²) in [5.41, 5.74) is 2.29. The molecule has 1 aromatic heterocycles. The van der Waals surface area contributed by atoms with E-state index in [9.17, 15) is 14.1 Å². The van der Waals surface area contributed by atoms with Crippen molar-refractivity contribution < 1.29 is 22.8 Å². The second-order valence-electron chi connectivity index (χ2n) is 5.67. The fourth-order valence-corrected chi connectivity index (χ4v) is 3.38. The Labute approximate surface area is 150 Å². The Morgan fingerprint density at radius 1 is 1.00 bits per heavy atom. The first-order valence-corrected chi connectivity index (χ1v) is 8.58. The van der Waals surface area contributed by atoms with Gasteiger partial charge in [0, 0.05) is 11.1 Å². The highest BCUT2D eigenvalue weighted by atomic mass is 32.2. The van der Waals surface area contributed by atoms with Crippen LogP contribution in [0.15, 0.2) is 48.5 Å². The molecule has 2 aromatic carbocycles. The van der Waals surface area contributed by atoms with Crippen LogP contribution in [0.2, 0.25) is 0 Å². The molecule has 1 unspecified atom stereocenters. The van der Waals surface area contributed by atoms with Gasteiger partial charge in [0.2, 0.25) is 0 Å². The molecule has 0 spiro atoms. The summed E-state index contributed by atoms with van der Waals surface area (Å²) in [6.07, 6.45) is 0. The maximum absolute atomic E-state index is 12.9. The van der Waals surface area contributed by atoms with E-state index in [0.717, 1.165) is 0 Å². The number of benzene rings is 2. The van der Waals surface area contributed by atoms with Crippen molar-refractivity contribution in [2.24, 2.45) is 0 Å². The van der Waals surface area contributed by atoms with Crippen molar-refractivity contribution in [1.29, 1.82) is 5.41 Å². The van der Waals surface area contributed by atoms with Crippen LogP contribution < -0.4 is 4.18 Å². The highest BCUT2D eigenvalue weighted by molar-refractivity contribution is 7.74. The zero-order valence-corrected chi connectivity index (χ0v) is 14.0. The first-order valence-electron chi connectivity index (χ1n) is 7.55. The first-order chi connectivity index (χ1) is 12.5.